The maximum absolute atomic E-state index is 13.7. The van der Waals surface area contributed by atoms with Crippen LogP contribution in [-0.2, 0) is 11.3 Å². The van der Waals surface area contributed by atoms with E-state index in [1.807, 2.05) is 60.3 Å². The minimum Gasteiger partial charge on any atom is -0.377 e. The Morgan fingerprint density at radius 1 is 0.917 bits per heavy atom. The zero-order valence-electron chi connectivity index (χ0n) is 21.8. The Balaban J connectivity index is 1.98. The molecule has 2 amide bonds. The van der Waals surface area contributed by atoms with E-state index in [-0.39, 0.29) is 23.8 Å². The summed E-state index contributed by atoms with van der Waals surface area (Å²) < 4.78 is 0. The van der Waals surface area contributed by atoms with E-state index in [1.165, 1.54) is 0 Å². The molecule has 36 heavy (non-hydrogen) atoms. The van der Waals surface area contributed by atoms with Crippen LogP contribution in [0.4, 0.5) is 11.4 Å². The van der Waals surface area contributed by atoms with Crippen molar-refractivity contribution in [2.24, 2.45) is 5.92 Å². The van der Waals surface area contributed by atoms with Crippen LogP contribution in [0.15, 0.2) is 72.8 Å². The Bertz CT molecular complexity index is 1180. The normalized spacial score (nSPS) is 11.8. The van der Waals surface area contributed by atoms with Crippen LogP contribution < -0.4 is 10.2 Å². The second kappa shape index (κ2) is 12.6. The van der Waals surface area contributed by atoms with Crippen LogP contribution in [-0.4, -0.2) is 30.8 Å². The van der Waals surface area contributed by atoms with Gasteiger partial charge in [0.15, 0.2) is 0 Å². The quantitative estimate of drug-likeness (QED) is 0.317. The summed E-state index contributed by atoms with van der Waals surface area (Å²) in [5, 5.41) is 3.37. The standard InChI is InChI=1S/C30H36ClN3O2/c1-6-22(7-2)30(36)34(21(3)23-13-9-8-10-14-23)20-24-19-25(17-18-28(24)33(4)5)32-29(35)26-15-11-12-16-27(26)31/h8-19,21-22H,6-7,20H2,1-5H3,(H,32,35). The van der Waals surface area contributed by atoms with Crippen molar-refractivity contribution in [1.82, 2.24) is 4.90 Å². The summed E-state index contributed by atoms with van der Waals surface area (Å²) in [5.41, 5.74) is 4.11. The van der Waals surface area contributed by atoms with Crippen molar-refractivity contribution < 1.29 is 9.59 Å². The van der Waals surface area contributed by atoms with Crippen LogP contribution in [0, 0.1) is 5.92 Å². The average Bonchev–Trinajstić information content (AvgIpc) is 2.88. The Kier molecular flexibility index (Phi) is 9.54. The summed E-state index contributed by atoms with van der Waals surface area (Å²) in [6.45, 7) is 6.63. The molecule has 1 unspecified atom stereocenters. The molecule has 3 aromatic rings. The number of hydrogen-bond acceptors (Lipinski definition) is 3. The molecule has 3 aromatic carbocycles. The lowest BCUT2D eigenvalue weighted by Crippen LogP contribution is -2.37. The van der Waals surface area contributed by atoms with Crippen molar-refractivity contribution in [3.05, 3.63) is 94.5 Å². The largest absolute Gasteiger partial charge is 0.377 e. The van der Waals surface area contributed by atoms with Gasteiger partial charge in [0.1, 0.15) is 0 Å². The monoisotopic (exact) mass is 505 g/mol. The predicted octanol–water partition coefficient (Wildman–Crippen LogP) is 7.18. The van der Waals surface area contributed by atoms with Gasteiger partial charge < -0.3 is 15.1 Å². The van der Waals surface area contributed by atoms with Gasteiger partial charge in [-0.05, 0) is 61.2 Å². The number of carbonyl (C=O) groups is 2. The third kappa shape index (κ3) is 6.46. The van der Waals surface area contributed by atoms with Gasteiger partial charge >= 0.3 is 0 Å². The molecule has 0 aliphatic carbocycles. The molecule has 1 atom stereocenters. The third-order valence-electron chi connectivity index (χ3n) is 6.65. The summed E-state index contributed by atoms with van der Waals surface area (Å²) in [7, 11) is 3.96. The molecule has 1 N–H and O–H groups in total. The summed E-state index contributed by atoms with van der Waals surface area (Å²) >= 11 is 6.23. The first-order valence-corrected chi connectivity index (χ1v) is 12.9. The Morgan fingerprint density at radius 3 is 2.17 bits per heavy atom. The summed E-state index contributed by atoms with van der Waals surface area (Å²) in [6.07, 6.45) is 1.59. The van der Waals surface area contributed by atoms with Crippen LogP contribution >= 0.6 is 11.6 Å². The molecule has 0 saturated carbocycles. The van der Waals surface area contributed by atoms with Crippen LogP contribution in [0.2, 0.25) is 5.02 Å². The highest BCUT2D eigenvalue weighted by molar-refractivity contribution is 6.34. The first-order chi connectivity index (χ1) is 17.3. The molecule has 3 rings (SSSR count). The van der Waals surface area contributed by atoms with Crippen molar-refractivity contribution >= 4 is 34.8 Å². The van der Waals surface area contributed by atoms with Gasteiger partial charge in [-0.2, -0.15) is 0 Å². The lowest BCUT2D eigenvalue weighted by Gasteiger charge is -2.34. The molecular formula is C30H36ClN3O2. The number of amides is 2. The van der Waals surface area contributed by atoms with Gasteiger partial charge in [-0.1, -0.05) is 67.9 Å². The van der Waals surface area contributed by atoms with Gasteiger partial charge in [0.05, 0.1) is 16.6 Å². The fraction of sp³-hybridized carbons (Fsp3) is 0.333. The zero-order chi connectivity index (χ0) is 26.2. The predicted molar refractivity (Wildman–Crippen MR) is 150 cm³/mol. The Morgan fingerprint density at radius 2 is 1.56 bits per heavy atom. The number of benzene rings is 3. The SMILES string of the molecule is CCC(CC)C(=O)N(Cc1cc(NC(=O)c2ccccc2Cl)ccc1N(C)C)C(C)c1ccccc1. The maximum atomic E-state index is 13.7. The van der Waals surface area contributed by atoms with E-state index in [2.05, 4.69) is 38.2 Å². The van der Waals surface area contributed by atoms with E-state index in [9.17, 15) is 9.59 Å². The molecular weight excluding hydrogens is 470 g/mol. The zero-order valence-corrected chi connectivity index (χ0v) is 22.5. The Hall–Kier alpha value is -3.31. The molecule has 0 aromatic heterocycles. The van der Waals surface area contributed by atoms with E-state index in [0.717, 1.165) is 29.7 Å². The summed E-state index contributed by atoms with van der Waals surface area (Å²) in [6, 6.07) is 22.8. The van der Waals surface area contributed by atoms with Gasteiger partial charge in [0, 0.05) is 37.9 Å². The molecule has 0 aliphatic rings. The fourth-order valence-electron chi connectivity index (χ4n) is 4.44. The van der Waals surface area contributed by atoms with E-state index in [0.29, 0.717) is 22.8 Å². The maximum Gasteiger partial charge on any atom is 0.257 e. The van der Waals surface area contributed by atoms with Gasteiger partial charge in [0.2, 0.25) is 5.91 Å². The van der Waals surface area contributed by atoms with Crippen LogP contribution in [0.5, 0.6) is 0 Å². The molecule has 0 saturated heterocycles. The van der Waals surface area contributed by atoms with Gasteiger partial charge in [-0.25, -0.2) is 0 Å². The highest BCUT2D eigenvalue weighted by atomic mass is 35.5. The van der Waals surface area contributed by atoms with Crippen molar-refractivity contribution in [1.29, 1.82) is 0 Å². The molecule has 0 radical (unpaired) electrons. The van der Waals surface area contributed by atoms with Crippen molar-refractivity contribution in [2.45, 2.75) is 46.2 Å². The van der Waals surface area contributed by atoms with Crippen LogP contribution in [0.1, 0.15) is 61.1 Å². The molecule has 190 valence electrons. The lowest BCUT2D eigenvalue weighted by atomic mass is 9.98. The molecule has 0 aliphatic heterocycles. The summed E-state index contributed by atoms with van der Waals surface area (Å²) in [4.78, 5) is 30.6. The minimum absolute atomic E-state index is 0.0397. The highest BCUT2D eigenvalue weighted by Gasteiger charge is 2.27. The lowest BCUT2D eigenvalue weighted by molar-refractivity contribution is -0.138. The highest BCUT2D eigenvalue weighted by Crippen LogP contribution is 2.31. The Labute approximate surface area is 220 Å². The number of rotatable bonds is 10. The molecule has 0 bridgehead atoms. The molecule has 5 nitrogen and oxygen atoms in total. The summed E-state index contributed by atoms with van der Waals surface area (Å²) in [5.74, 6) is -0.166. The number of anilines is 2. The minimum atomic E-state index is -0.272. The number of carbonyl (C=O) groups excluding carboxylic acids is 2. The van der Waals surface area contributed by atoms with E-state index in [4.69, 9.17) is 11.6 Å². The number of nitrogens with one attached hydrogen (secondary N) is 1. The van der Waals surface area contributed by atoms with Gasteiger partial charge in [-0.3, -0.25) is 9.59 Å². The van der Waals surface area contributed by atoms with Crippen LogP contribution in [0.25, 0.3) is 0 Å². The van der Waals surface area contributed by atoms with Crippen molar-refractivity contribution in [2.75, 3.05) is 24.3 Å². The molecule has 0 spiro atoms. The van der Waals surface area contributed by atoms with Gasteiger partial charge in [-0.15, -0.1) is 0 Å². The first kappa shape index (κ1) is 27.3. The first-order valence-electron chi connectivity index (χ1n) is 12.5. The fourth-order valence-corrected chi connectivity index (χ4v) is 4.66. The molecule has 6 heteroatoms. The number of halogens is 1. The smallest absolute Gasteiger partial charge is 0.257 e. The van der Waals surface area contributed by atoms with Crippen LogP contribution in [0.3, 0.4) is 0 Å². The third-order valence-corrected chi connectivity index (χ3v) is 6.98. The number of hydrogen-bond donors (Lipinski definition) is 1. The second-order valence-electron chi connectivity index (χ2n) is 9.24. The van der Waals surface area contributed by atoms with E-state index in [1.54, 1.807) is 24.3 Å². The van der Waals surface area contributed by atoms with E-state index < -0.39 is 0 Å². The molecule has 0 fully saturated rings. The molecule has 0 heterocycles. The van der Waals surface area contributed by atoms with E-state index >= 15 is 0 Å². The van der Waals surface area contributed by atoms with Gasteiger partial charge in [0.25, 0.3) is 5.91 Å². The number of nitrogens with zero attached hydrogens (tertiary/aromatic N) is 2. The topological polar surface area (TPSA) is 52.7 Å². The second-order valence-corrected chi connectivity index (χ2v) is 9.65. The van der Waals surface area contributed by atoms with Crippen molar-refractivity contribution in [3.63, 3.8) is 0 Å². The van der Waals surface area contributed by atoms with Crippen molar-refractivity contribution in [3.8, 4) is 0 Å². The average molecular weight is 506 g/mol.